The standard InChI is InChI=1S/C22H25NO3/c1-15-8-9-16(2)20(14-15)23-21(24)17-10-12-19(13-11-17)26-22(25)18-6-4-3-5-7-18/h8-14,18H,3-7H2,1-2H3,(H,23,24). The number of carbonyl (C=O) groups excluding carboxylic acids is 2. The fourth-order valence-corrected chi connectivity index (χ4v) is 3.28. The zero-order chi connectivity index (χ0) is 18.5. The number of esters is 1. The third-order valence-electron chi connectivity index (χ3n) is 4.91. The molecule has 1 fully saturated rings. The van der Waals surface area contributed by atoms with Crippen molar-refractivity contribution in [3.8, 4) is 5.75 Å². The molecule has 0 unspecified atom stereocenters. The number of hydrogen-bond acceptors (Lipinski definition) is 3. The van der Waals surface area contributed by atoms with Crippen LogP contribution in [0.4, 0.5) is 5.69 Å². The molecule has 1 aliphatic carbocycles. The van der Waals surface area contributed by atoms with Gasteiger partial charge < -0.3 is 10.1 Å². The molecule has 1 saturated carbocycles. The average molecular weight is 351 g/mol. The van der Waals surface area contributed by atoms with E-state index in [2.05, 4.69) is 5.32 Å². The van der Waals surface area contributed by atoms with Gasteiger partial charge in [0.25, 0.3) is 5.91 Å². The molecular formula is C22H25NO3. The topological polar surface area (TPSA) is 55.4 Å². The van der Waals surface area contributed by atoms with Crippen molar-refractivity contribution in [1.29, 1.82) is 0 Å². The first-order chi connectivity index (χ1) is 12.5. The molecule has 0 saturated heterocycles. The Bertz CT molecular complexity index is 790. The van der Waals surface area contributed by atoms with E-state index in [0.717, 1.165) is 42.5 Å². The van der Waals surface area contributed by atoms with Crippen molar-refractivity contribution in [3.63, 3.8) is 0 Å². The summed E-state index contributed by atoms with van der Waals surface area (Å²) < 4.78 is 5.47. The molecule has 0 bridgehead atoms. The van der Waals surface area contributed by atoms with E-state index in [0.29, 0.717) is 11.3 Å². The van der Waals surface area contributed by atoms with Crippen LogP contribution in [0.1, 0.15) is 53.6 Å². The summed E-state index contributed by atoms with van der Waals surface area (Å²) in [5.74, 6) is 0.168. The van der Waals surface area contributed by atoms with E-state index in [4.69, 9.17) is 4.74 Å². The van der Waals surface area contributed by atoms with Gasteiger partial charge in [0, 0.05) is 11.3 Å². The van der Waals surface area contributed by atoms with E-state index in [1.807, 2.05) is 32.0 Å². The van der Waals surface area contributed by atoms with E-state index in [1.165, 1.54) is 6.42 Å². The number of nitrogens with one attached hydrogen (secondary N) is 1. The highest BCUT2D eigenvalue weighted by Gasteiger charge is 2.23. The maximum Gasteiger partial charge on any atom is 0.314 e. The Balaban J connectivity index is 1.62. The second kappa shape index (κ2) is 8.17. The van der Waals surface area contributed by atoms with Crippen LogP contribution in [0.2, 0.25) is 0 Å². The van der Waals surface area contributed by atoms with Crippen LogP contribution in [0.3, 0.4) is 0 Å². The van der Waals surface area contributed by atoms with Crippen LogP contribution in [0.15, 0.2) is 42.5 Å². The summed E-state index contributed by atoms with van der Waals surface area (Å²) in [5.41, 5.74) is 3.45. The van der Waals surface area contributed by atoms with E-state index < -0.39 is 0 Å². The minimum absolute atomic E-state index is 0.0102. The highest BCUT2D eigenvalue weighted by Crippen LogP contribution is 2.26. The Kier molecular flexibility index (Phi) is 5.71. The largest absolute Gasteiger partial charge is 0.426 e. The second-order valence-electron chi connectivity index (χ2n) is 7.05. The molecule has 4 nitrogen and oxygen atoms in total. The molecule has 0 atom stereocenters. The summed E-state index contributed by atoms with van der Waals surface area (Å²) in [4.78, 5) is 24.6. The molecule has 0 aromatic heterocycles. The summed E-state index contributed by atoms with van der Waals surface area (Å²) in [7, 11) is 0. The van der Waals surface area contributed by atoms with Gasteiger partial charge in [0.2, 0.25) is 0 Å². The summed E-state index contributed by atoms with van der Waals surface area (Å²) in [6.45, 7) is 3.95. The van der Waals surface area contributed by atoms with Gasteiger partial charge in [0.1, 0.15) is 5.75 Å². The SMILES string of the molecule is Cc1ccc(C)c(NC(=O)c2ccc(OC(=O)C3CCCCC3)cc2)c1. The molecule has 0 aliphatic heterocycles. The number of benzene rings is 2. The highest BCUT2D eigenvalue weighted by atomic mass is 16.5. The Morgan fingerprint density at radius 3 is 2.35 bits per heavy atom. The van der Waals surface area contributed by atoms with Gasteiger partial charge in [-0.1, -0.05) is 31.4 Å². The lowest BCUT2D eigenvalue weighted by Crippen LogP contribution is -2.22. The summed E-state index contributed by atoms with van der Waals surface area (Å²) in [6, 6.07) is 12.7. The van der Waals surface area contributed by atoms with Gasteiger partial charge in [-0.2, -0.15) is 0 Å². The minimum atomic E-state index is -0.177. The van der Waals surface area contributed by atoms with Gasteiger partial charge >= 0.3 is 5.97 Å². The smallest absolute Gasteiger partial charge is 0.314 e. The molecule has 3 rings (SSSR count). The fourth-order valence-electron chi connectivity index (χ4n) is 3.28. The van der Waals surface area contributed by atoms with Crippen molar-refractivity contribution >= 4 is 17.6 Å². The van der Waals surface area contributed by atoms with E-state index in [-0.39, 0.29) is 17.8 Å². The van der Waals surface area contributed by atoms with Gasteiger partial charge in [0.15, 0.2) is 0 Å². The number of rotatable bonds is 4. The van der Waals surface area contributed by atoms with Crippen molar-refractivity contribution in [2.24, 2.45) is 5.92 Å². The zero-order valence-corrected chi connectivity index (χ0v) is 15.4. The maximum atomic E-state index is 12.4. The van der Waals surface area contributed by atoms with Crippen LogP contribution in [0.25, 0.3) is 0 Å². The summed E-state index contributed by atoms with van der Waals surface area (Å²) in [5, 5.41) is 2.93. The third kappa shape index (κ3) is 4.51. The number of carbonyl (C=O) groups is 2. The number of amides is 1. The molecule has 136 valence electrons. The highest BCUT2D eigenvalue weighted by molar-refractivity contribution is 6.04. The van der Waals surface area contributed by atoms with Crippen LogP contribution < -0.4 is 10.1 Å². The van der Waals surface area contributed by atoms with Crippen molar-refractivity contribution in [1.82, 2.24) is 0 Å². The predicted molar refractivity (Wildman–Crippen MR) is 103 cm³/mol. The zero-order valence-electron chi connectivity index (χ0n) is 15.4. The first-order valence-electron chi connectivity index (χ1n) is 9.23. The molecule has 1 N–H and O–H groups in total. The first-order valence-corrected chi connectivity index (χ1v) is 9.23. The molecule has 2 aromatic rings. The molecule has 4 heteroatoms. The van der Waals surface area contributed by atoms with E-state index >= 15 is 0 Å². The monoisotopic (exact) mass is 351 g/mol. The molecule has 2 aromatic carbocycles. The summed E-state index contributed by atoms with van der Waals surface area (Å²) >= 11 is 0. The minimum Gasteiger partial charge on any atom is -0.426 e. The van der Waals surface area contributed by atoms with E-state index in [9.17, 15) is 9.59 Å². The molecule has 0 heterocycles. The Morgan fingerprint density at radius 2 is 1.65 bits per heavy atom. The molecule has 1 aliphatic rings. The average Bonchev–Trinajstić information content (AvgIpc) is 2.66. The molecular weight excluding hydrogens is 326 g/mol. The van der Waals surface area contributed by atoms with Crippen LogP contribution >= 0.6 is 0 Å². The molecule has 0 radical (unpaired) electrons. The van der Waals surface area contributed by atoms with Crippen LogP contribution in [-0.2, 0) is 4.79 Å². The van der Waals surface area contributed by atoms with Crippen LogP contribution in [0.5, 0.6) is 5.75 Å². The van der Waals surface area contributed by atoms with Gasteiger partial charge in [-0.3, -0.25) is 9.59 Å². The summed E-state index contributed by atoms with van der Waals surface area (Å²) in [6.07, 6.45) is 5.22. The van der Waals surface area contributed by atoms with Gasteiger partial charge in [-0.25, -0.2) is 0 Å². The number of anilines is 1. The predicted octanol–water partition coefficient (Wildman–Crippen LogP) is 5.04. The van der Waals surface area contributed by atoms with Gasteiger partial charge in [-0.15, -0.1) is 0 Å². The maximum absolute atomic E-state index is 12.4. The normalized spacial score (nSPS) is 14.7. The number of hydrogen-bond donors (Lipinski definition) is 1. The van der Waals surface area contributed by atoms with Gasteiger partial charge in [0.05, 0.1) is 5.92 Å². The van der Waals surface area contributed by atoms with Crippen molar-refractivity contribution in [2.75, 3.05) is 5.32 Å². The fraction of sp³-hybridized carbons (Fsp3) is 0.364. The van der Waals surface area contributed by atoms with Gasteiger partial charge in [-0.05, 0) is 68.1 Å². The first kappa shape index (κ1) is 18.2. The van der Waals surface area contributed by atoms with Crippen LogP contribution in [0, 0.1) is 19.8 Å². The second-order valence-corrected chi connectivity index (χ2v) is 7.05. The van der Waals surface area contributed by atoms with Crippen molar-refractivity contribution in [3.05, 3.63) is 59.2 Å². The lowest BCUT2D eigenvalue weighted by atomic mass is 9.89. The Hall–Kier alpha value is -2.62. The lowest BCUT2D eigenvalue weighted by molar-refractivity contribution is -0.139. The van der Waals surface area contributed by atoms with Crippen molar-refractivity contribution < 1.29 is 14.3 Å². The Morgan fingerprint density at radius 1 is 0.962 bits per heavy atom. The molecule has 0 spiro atoms. The quantitative estimate of drug-likeness (QED) is 0.620. The Labute approximate surface area is 154 Å². The third-order valence-corrected chi connectivity index (χ3v) is 4.91. The molecule has 1 amide bonds. The van der Waals surface area contributed by atoms with Crippen molar-refractivity contribution in [2.45, 2.75) is 46.0 Å². The lowest BCUT2D eigenvalue weighted by Gasteiger charge is -2.19. The van der Waals surface area contributed by atoms with E-state index in [1.54, 1.807) is 24.3 Å². The molecule has 26 heavy (non-hydrogen) atoms. The number of ether oxygens (including phenoxy) is 1. The van der Waals surface area contributed by atoms with Crippen LogP contribution in [-0.4, -0.2) is 11.9 Å². The number of aryl methyl sites for hydroxylation is 2.